The second-order valence-electron chi connectivity index (χ2n) is 16.5. The lowest BCUT2D eigenvalue weighted by molar-refractivity contribution is 0.589. The number of benzene rings is 2. The average Bonchev–Trinajstić information content (AvgIpc) is 3.30. The van der Waals surface area contributed by atoms with Crippen LogP contribution in [-0.4, -0.2) is 8.07 Å². The minimum absolute atomic E-state index is 0.158. The summed E-state index contributed by atoms with van der Waals surface area (Å²) in [6, 6.07) is 18.8. The molecule has 0 nitrogen and oxygen atoms in total. The molecule has 0 spiro atoms. The van der Waals surface area contributed by atoms with Crippen molar-refractivity contribution in [2.75, 3.05) is 0 Å². The minimum atomic E-state index is -1.96. The van der Waals surface area contributed by atoms with Gasteiger partial charge in [-0.25, -0.2) is 0 Å². The van der Waals surface area contributed by atoms with Crippen LogP contribution >= 0.6 is 0 Å². The zero-order valence-electron chi connectivity index (χ0n) is 29.2. The summed E-state index contributed by atoms with van der Waals surface area (Å²) in [5.41, 5.74) is 16.0. The van der Waals surface area contributed by atoms with Gasteiger partial charge < -0.3 is 0 Å². The first-order valence-corrected chi connectivity index (χ1v) is 20.1. The molecule has 0 aromatic heterocycles. The Morgan fingerprint density at radius 3 is 1.18 bits per heavy atom. The molecule has 0 aliphatic heterocycles. The Balaban J connectivity index is 1.37. The molecule has 1 heteroatoms. The van der Waals surface area contributed by atoms with Gasteiger partial charge in [0.2, 0.25) is 0 Å². The van der Waals surface area contributed by atoms with Gasteiger partial charge in [-0.05, 0) is 69.2 Å². The Labute approximate surface area is 274 Å². The van der Waals surface area contributed by atoms with Gasteiger partial charge in [0.1, 0.15) is 0 Å². The second kappa shape index (κ2) is 11.4. The topological polar surface area (TPSA) is 0 Å². The maximum atomic E-state index is 2.65. The molecule has 0 N–H and O–H groups in total. The van der Waals surface area contributed by atoms with Crippen molar-refractivity contribution in [2.45, 2.75) is 102 Å². The summed E-state index contributed by atoms with van der Waals surface area (Å²) in [6.07, 6.45) is 23.9. The second-order valence-corrected chi connectivity index (χ2v) is 21.3. The van der Waals surface area contributed by atoms with Gasteiger partial charge >= 0.3 is 0 Å². The van der Waals surface area contributed by atoms with Gasteiger partial charge in [0, 0.05) is 22.9 Å². The van der Waals surface area contributed by atoms with Gasteiger partial charge in [0.25, 0.3) is 0 Å². The van der Waals surface area contributed by atoms with Crippen molar-refractivity contribution >= 4 is 8.07 Å². The van der Waals surface area contributed by atoms with Crippen LogP contribution in [0.25, 0.3) is 0 Å². The fraction of sp³-hybridized carbons (Fsp3) is 0.364. The Bertz CT molecular complexity index is 1590. The predicted octanol–water partition coefficient (Wildman–Crippen LogP) is 12.4. The number of hydrogen-bond acceptors (Lipinski definition) is 0. The van der Waals surface area contributed by atoms with Crippen LogP contribution in [-0.2, 0) is 10.8 Å². The summed E-state index contributed by atoms with van der Waals surface area (Å²) in [7, 11) is -1.96. The molecule has 0 radical (unpaired) electrons. The van der Waals surface area contributed by atoms with Gasteiger partial charge in [-0.2, -0.15) is 0 Å². The van der Waals surface area contributed by atoms with E-state index in [9.17, 15) is 0 Å². The number of rotatable bonds is 4. The lowest BCUT2D eigenvalue weighted by Gasteiger charge is -2.40. The highest BCUT2D eigenvalue weighted by Crippen LogP contribution is 2.58. The van der Waals surface area contributed by atoms with Crippen LogP contribution in [0.3, 0.4) is 0 Å². The van der Waals surface area contributed by atoms with E-state index in [1.54, 1.807) is 22.3 Å². The molecule has 45 heavy (non-hydrogen) atoms. The van der Waals surface area contributed by atoms with Crippen LogP contribution in [0.1, 0.15) is 89.5 Å². The van der Waals surface area contributed by atoms with Crippen molar-refractivity contribution in [1.82, 2.24) is 0 Å². The summed E-state index contributed by atoms with van der Waals surface area (Å²) in [6.45, 7) is 23.9. The van der Waals surface area contributed by atoms with Crippen LogP contribution in [0.4, 0.5) is 0 Å². The maximum Gasteiger partial charge on any atom is 0.0721 e. The fourth-order valence-electron chi connectivity index (χ4n) is 8.55. The summed E-state index contributed by atoms with van der Waals surface area (Å²) < 4.78 is 0. The van der Waals surface area contributed by atoms with Gasteiger partial charge in [-0.3, -0.25) is 0 Å². The Morgan fingerprint density at radius 2 is 0.844 bits per heavy atom. The molecular weight excluding hydrogens is 557 g/mol. The lowest BCUT2D eigenvalue weighted by atomic mass is 9.84. The zero-order chi connectivity index (χ0) is 32.3. The van der Waals surface area contributed by atoms with Gasteiger partial charge in [0.05, 0.1) is 8.07 Å². The van der Waals surface area contributed by atoms with Crippen LogP contribution < -0.4 is 0 Å². The molecular formula is C44H52Si. The van der Waals surface area contributed by atoms with E-state index in [1.165, 1.54) is 33.4 Å². The molecule has 2 aromatic rings. The van der Waals surface area contributed by atoms with Gasteiger partial charge in [-0.15, -0.1) is 0 Å². The molecule has 0 amide bonds. The monoisotopic (exact) mass is 608 g/mol. The lowest BCUT2D eigenvalue weighted by Crippen LogP contribution is -2.39. The van der Waals surface area contributed by atoms with E-state index in [2.05, 4.69) is 178 Å². The van der Waals surface area contributed by atoms with Crippen molar-refractivity contribution < 1.29 is 0 Å². The molecule has 0 heterocycles. The van der Waals surface area contributed by atoms with Crippen molar-refractivity contribution in [1.29, 1.82) is 0 Å². The van der Waals surface area contributed by atoms with Crippen molar-refractivity contribution in [3.8, 4) is 0 Å². The van der Waals surface area contributed by atoms with Crippen LogP contribution in [0.5, 0.6) is 0 Å². The molecule has 0 saturated heterocycles. The molecule has 0 bridgehead atoms. The van der Waals surface area contributed by atoms with E-state index >= 15 is 0 Å². The third kappa shape index (κ3) is 5.74. The predicted molar refractivity (Wildman–Crippen MR) is 199 cm³/mol. The number of hydrogen-bond donors (Lipinski definition) is 0. The van der Waals surface area contributed by atoms with E-state index in [1.807, 2.05) is 0 Å². The molecule has 232 valence electrons. The van der Waals surface area contributed by atoms with Crippen LogP contribution in [0, 0.1) is 0 Å². The highest BCUT2D eigenvalue weighted by atomic mass is 28.3. The Morgan fingerprint density at radius 1 is 0.489 bits per heavy atom. The van der Waals surface area contributed by atoms with Gasteiger partial charge in [0.15, 0.2) is 0 Å². The zero-order valence-corrected chi connectivity index (χ0v) is 30.2. The first kappa shape index (κ1) is 31.6. The third-order valence-corrected chi connectivity index (χ3v) is 15.3. The van der Waals surface area contributed by atoms with Crippen LogP contribution in [0.2, 0.25) is 24.2 Å². The van der Waals surface area contributed by atoms with E-state index in [0.717, 1.165) is 0 Å². The molecule has 2 aromatic carbocycles. The summed E-state index contributed by atoms with van der Waals surface area (Å²) >= 11 is 0. The minimum Gasteiger partial charge on any atom is -0.0726 e. The summed E-state index contributed by atoms with van der Waals surface area (Å²) in [5, 5.41) is 0. The molecule has 0 fully saturated rings. The standard InChI is InChI=1S/C44H52Si/c1-29-27-39-35(31-19-23-33(24-20-31)43(3,4)5)15-11-13-17-37(39)41(29)45(9,10)42-30(2)28-40-36(16-12-14-18-38(40)42)32-21-25-34(26-22-32)44(6,7)8/h11-28,35-36,41-42H,1-10H3. The fourth-order valence-corrected chi connectivity index (χ4v) is 13.5. The molecule has 4 atom stereocenters. The molecule has 4 unspecified atom stereocenters. The van der Waals surface area contributed by atoms with Crippen molar-refractivity contribution in [3.63, 3.8) is 0 Å². The first-order chi connectivity index (χ1) is 21.2. The summed E-state index contributed by atoms with van der Waals surface area (Å²) in [5.74, 6) is 0.567. The van der Waals surface area contributed by atoms with Gasteiger partial charge in [-0.1, -0.05) is 175 Å². The third-order valence-electron chi connectivity index (χ3n) is 10.8. The SMILES string of the molecule is CC1=CC2=C(C=CC=CC2c2ccc(C(C)(C)C)cc2)C1[Si](C)(C)C1C(C)=CC2=C1C=CC=CC2c1ccc(C(C)(C)C)cc1. The maximum absolute atomic E-state index is 2.65. The van der Waals surface area contributed by atoms with Crippen molar-refractivity contribution in [2.24, 2.45) is 0 Å². The summed E-state index contributed by atoms with van der Waals surface area (Å²) in [4.78, 5) is 0. The molecule has 0 saturated carbocycles. The van der Waals surface area contributed by atoms with E-state index in [4.69, 9.17) is 0 Å². The smallest absolute Gasteiger partial charge is 0.0721 e. The Hall–Kier alpha value is -3.42. The highest BCUT2D eigenvalue weighted by molar-refractivity contribution is 6.83. The molecule has 4 aliphatic rings. The molecule has 6 rings (SSSR count). The van der Waals surface area contributed by atoms with Crippen molar-refractivity contribution in [3.05, 3.63) is 165 Å². The highest BCUT2D eigenvalue weighted by Gasteiger charge is 2.48. The average molecular weight is 609 g/mol. The van der Waals surface area contributed by atoms with E-state index < -0.39 is 8.07 Å². The quantitative estimate of drug-likeness (QED) is 0.303. The largest absolute Gasteiger partial charge is 0.0726 e. The first-order valence-electron chi connectivity index (χ1n) is 16.9. The normalized spacial score (nSPS) is 24.8. The van der Waals surface area contributed by atoms with E-state index in [0.29, 0.717) is 11.1 Å². The Kier molecular flexibility index (Phi) is 8.01. The van der Waals surface area contributed by atoms with E-state index in [-0.39, 0.29) is 22.7 Å². The number of allylic oxidation sites excluding steroid dienone is 16. The molecule has 4 aliphatic carbocycles. The van der Waals surface area contributed by atoms with Crippen LogP contribution in [0.15, 0.2) is 143 Å².